The molecule has 0 N–H and O–H groups in total. The minimum atomic E-state index is -0.611. The molecule has 84 valence electrons. The van der Waals surface area contributed by atoms with Crippen molar-refractivity contribution in [2.75, 3.05) is 0 Å². The van der Waals surface area contributed by atoms with Gasteiger partial charge in [-0.15, -0.1) is 0 Å². The van der Waals surface area contributed by atoms with Crippen LogP contribution in [0.3, 0.4) is 0 Å². The van der Waals surface area contributed by atoms with Crippen molar-refractivity contribution in [3.8, 4) is 0 Å². The number of rotatable bonds is 1. The van der Waals surface area contributed by atoms with Crippen LogP contribution in [0.5, 0.6) is 0 Å². The highest BCUT2D eigenvalue weighted by atomic mass is 16.6. The summed E-state index contributed by atoms with van der Waals surface area (Å²) in [7, 11) is 0. The molecule has 1 atom stereocenters. The summed E-state index contributed by atoms with van der Waals surface area (Å²) < 4.78 is 4.49. The molecule has 2 aromatic rings. The molecule has 0 spiro atoms. The maximum atomic E-state index is 11.4. The van der Waals surface area contributed by atoms with Gasteiger partial charge in [-0.25, -0.2) is 4.98 Å². The normalized spacial score (nSPS) is 19.6. The van der Waals surface area contributed by atoms with E-state index in [4.69, 9.17) is 0 Å². The molecular weight excluding hydrogens is 220 g/mol. The van der Waals surface area contributed by atoms with E-state index in [0.717, 1.165) is 5.52 Å². The van der Waals surface area contributed by atoms with Gasteiger partial charge >= 0.3 is 11.9 Å². The fraction of sp³-hybridized carbons (Fsp3) is 0.167. The second-order valence-corrected chi connectivity index (χ2v) is 3.83. The Labute approximate surface area is 96.4 Å². The third-order valence-electron chi connectivity index (χ3n) is 2.69. The Hall–Kier alpha value is -2.30. The lowest BCUT2D eigenvalue weighted by Crippen LogP contribution is -2.08. The number of fused-ring (bicyclic) bond motifs is 1. The van der Waals surface area contributed by atoms with E-state index in [0.29, 0.717) is 11.2 Å². The van der Waals surface area contributed by atoms with E-state index in [1.165, 1.54) is 6.20 Å². The Bertz CT molecular complexity index is 624. The quantitative estimate of drug-likeness (QED) is 0.541. The molecule has 0 bridgehead atoms. The highest BCUT2D eigenvalue weighted by molar-refractivity contribution is 5.97. The van der Waals surface area contributed by atoms with Gasteiger partial charge < -0.3 is 4.74 Å². The lowest BCUT2D eigenvalue weighted by molar-refractivity contribution is -0.152. The van der Waals surface area contributed by atoms with Crippen molar-refractivity contribution in [1.82, 2.24) is 9.97 Å². The monoisotopic (exact) mass is 228 g/mol. The minimum Gasteiger partial charge on any atom is -0.393 e. The van der Waals surface area contributed by atoms with Gasteiger partial charge in [-0.3, -0.25) is 14.6 Å². The summed E-state index contributed by atoms with van der Waals surface area (Å²) in [5.74, 6) is -1.66. The minimum absolute atomic E-state index is 0.0475. The van der Waals surface area contributed by atoms with Crippen LogP contribution >= 0.6 is 0 Å². The third kappa shape index (κ3) is 1.65. The van der Waals surface area contributed by atoms with Crippen molar-refractivity contribution < 1.29 is 14.3 Å². The van der Waals surface area contributed by atoms with E-state index in [1.807, 2.05) is 24.3 Å². The average molecular weight is 228 g/mol. The topological polar surface area (TPSA) is 69.2 Å². The lowest BCUT2D eigenvalue weighted by Gasteiger charge is -2.04. The third-order valence-corrected chi connectivity index (χ3v) is 2.69. The number of benzene rings is 1. The molecule has 0 radical (unpaired) electrons. The first-order valence-electron chi connectivity index (χ1n) is 5.20. The molecular formula is C12H8N2O3. The number of carbonyl (C=O) groups excluding carboxylic acids is 2. The number of hydrogen-bond acceptors (Lipinski definition) is 5. The molecule has 1 aliphatic rings. The summed E-state index contributed by atoms with van der Waals surface area (Å²) in [4.78, 5) is 31.0. The number of carbonyl (C=O) groups is 2. The Balaban J connectivity index is 2.06. The fourth-order valence-electron chi connectivity index (χ4n) is 1.84. The van der Waals surface area contributed by atoms with E-state index in [9.17, 15) is 9.59 Å². The van der Waals surface area contributed by atoms with Crippen molar-refractivity contribution in [2.24, 2.45) is 0 Å². The van der Waals surface area contributed by atoms with Crippen LogP contribution in [0.2, 0.25) is 0 Å². The largest absolute Gasteiger partial charge is 0.393 e. The van der Waals surface area contributed by atoms with Crippen LogP contribution in [0.4, 0.5) is 0 Å². The summed E-state index contributed by atoms with van der Waals surface area (Å²) in [6.45, 7) is 0. The Kier molecular flexibility index (Phi) is 2.11. The number of nitrogens with zero attached hydrogens (tertiary/aromatic N) is 2. The van der Waals surface area contributed by atoms with Gasteiger partial charge in [0.2, 0.25) is 0 Å². The van der Waals surface area contributed by atoms with Crippen LogP contribution in [-0.4, -0.2) is 21.9 Å². The number of ether oxygens (including phenoxy) is 1. The van der Waals surface area contributed by atoms with Gasteiger partial charge in [-0.2, -0.15) is 0 Å². The van der Waals surface area contributed by atoms with Crippen LogP contribution in [0.15, 0.2) is 30.5 Å². The van der Waals surface area contributed by atoms with E-state index in [2.05, 4.69) is 14.7 Å². The molecule has 1 saturated heterocycles. The van der Waals surface area contributed by atoms with E-state index >= 15 is 0 Å². The second-order valence-electron chi connectivity index (χ2n) is 3.83. The second kappa shape index (κ2) is 3.62. The summed E-state index contributed by atoms with van der Waals surface area (Å²) in [5.41, 5.74) is 1.95. The first kappa shape index (κ1) is 9.89. The molecule has 3 rings (SSSR count). The smallest absolute Gasteiger partial charge is 0.323 e. The highest BCUT2D eigenvalue weighted by Gasteiger charge is 2.35. The van der Waals surface area contributed by atoms with Gasteiger partial charge in [0.1, 0.15) is 5.92 Å². The molecule has 1 aliphatic heterocycles. The summed E-state index contributed by atoms with van der Waals surface area (Å²) in [5, 5.41) is 0. The number of cyclic esters (lactones) is 2. The van der Waals surface area contributed by atoms with Crippen LogP contribution in [0.25, 0.3) is 11.0 Å². The molecule has 0 saturated carbocycles. The standard InChI is InChI=1S/C12H8N2O3/c15-11-5-7(12(16)17-11)10-6-13-8-3-1-2-4-9(8)14-10/h1-4,6-7H,5H2. The van der Waals surface area contributed by atoms with E-state index in [1.54, 1.807) is 0 Å². The number of hydrogen-bond donors (Lipinski definition) is 0. The molecule has 0 amide bonds. The average Bonchev–Trinajstić information content (AvgIpc) is 2.68. The van der Waals surface area contributed by atoms with Crippen LogP contribution in [0, 0.1) is 0 Å². The first-order chi connectivity index (χ1) is 8.24. The van der Waals surface area contributed by atoms with Crippen LogP contribution in [0.1, 0.15) is 18.0 Å². The fourth-order valence-corrected chi connectivity index (χ4v) is 1.84. The van der Waals surface area contributed by atoms with Gasteiger partial charge in [0.05, 0.1) is 29.3 Å². The van der Waals surface area contributed by atoms with Crippen molar-refractivity contribution in [3.05, 3.63) is 36.2 Å². The van der Waals surface area contributed by atoms with Crippen molar-refractivity contribution in [1.29, 1.82) is 0 Å². The summed E-state index contributed by atoms with van der Waals surface area (Å²) in [6, 6.07) is 7.36. The molecule has 1 fully saturated rings. The molecule has 5 heteroatoms. The maximum absolute atomic E-state index is 11.4. The zero-order valence-electron chi connectivity index (χ0n) is 8.79. The Morgan fingerprint density at radius 3 is 2.65 bits per heavy atom. The van der Waals surface area contributed by atoms with Gasteiger partial charge in [-0.1, -0.05) is 12.1 Å². The van der Waals surface area contributed by atoms with E-state index < -0.39 is 17.9 Å². The zero-order chi connectivity index (χ0) is 11.8. The molecule has 1 aromatic carbocycles. The summed E-state index contributed by atoms with van der Waals surface area (Å²) >= 11 is 0. The van der Waals surface area contributed by atoms with E-state index in [-0.39, 0.29) is 6.42 Å². The molecule has 1 unspecified atom stereocenters. The predicted molar refractivity (Wildman–Crippen MR) is 58.0 cm³/mol. The van der Waals surface area contributed by atoms with Crippen LogP contribution in [-0.2, 0) is 14.3 Å². The Morgan fingerprint density at radius 1 is 1.18 bits per heavy atom. The van der Waals surface area contributed by atoms with Gasteiger partial charge in [0.25, 0.3) is 0 Å². The van der Waals surface area contributed by atoms with Crippen molar-refractivity contribution in [2.45, 2.75) is 12.3 Å². The first-order valence-corrected chi connectivity index (χ1v) is 5.20. The van der Waals surface area contributed by atoms with Crippen LogP contribution < -0.4 is 0 Å². The molecule has 1 aromatic heterocycles. The van der Waals surface area contributed by atoms with Gasteiger partial charge in [0, 0.05) is 0 Å². The van der Waals surface area contributed by atoms with Crippen molar-refractivity contribution in [3.63, 3.8) is 0 Å². The molecule has 0 aliphatic carbocycles. The lowest BCUT2D eigenvalue weighted by atomic mass is 10.0. The SMILES string of the molecule is O=C1CC(c2cnc3ccccc3n2)C(=O)O1. The van der Waals surface area contributed by atoms with Crippen molar-refractivity contribution >= 4 is 23.0 Å². The Morgan fingerprint density at radius 2 is 1.94 bits per heavy atom. The molecule has 5 nitrogen and oxygen atoms in total. The number of esters is 2. The number of para-hydroxylation sites is 2. The zero-order valence-corrected chi connectivity index (χ0v) is 8.79. The number of aromatic nitrogens is 2. The molecule has 17 heavy (non-hydrogen) atoms. The summed E-state index contributed by atoms with van der Waals surface area (Å²) in [6.07, 6.45) is 1.57. The van der Waals surface area contributed by atoms with Gasteiger partial charge in [-0.05, 0) is 12.1 Å². The van der Waals surface area contributed by atoms with Gasteiger partial charge in [0.15, 0.2) is 0 Å². The predicted octanol–water partition coefficient (Wildman–Crippen LogP) is 1.19. The maximum Gasteiger partial charge on any atom is 0.323 e. The molecule has 2 heterocycles. The highest BCUT2D eigenvalue weighted by Crippen LogP contribution is 2.26.